The van der Waals surface area contributed by atoms with Gasteiger partial charge >= 0.3 is 5.69 Å². The zero-order chi connectivity index (χ0) is 10.7. The molecule has 14 heavy (non-hydrogen) atoms. The van der Waals surface area contributed by atoms with E-state index in [1.54, 1.807) is 14.1 Å². The van der Waals surface area contributed by atoms with Crippen molar-refractivity contribution < 1.29 is 0 Å². The van der Waals surface area contributed by atoms with Crippen molar-refractivity contribution in [2.45, 2.75) is 0 Å². The Labute approximate surface area is 80.5 Å². The molecule has 0 amide bonds. The minimum absolute atomic E-state index is 0.342. The number of hydrogen-bond donors (Lipinski definition) is 1. The van der Waals surface area contributed by atoms with E-state index in [-0.39, 0.29) is 11.2 Å². The fourth-order valence-electron chi connectivity index (χ4n) is 1.00. The first-order valence-electron chi connectivity index (χ1n) is 4.04. The maximum Gasteiger partial charge on any atom is 0.330 e. The summed E-state index contributed by atoms with van der Waals surface area (Å²) in [5.41, 5.74) is 2.30. The first-order valence-corrected chi connectivity index (χ1v) is 4.04. The minimum atomic E-state index is -0.366. The maximum absolute atomic E-state index is 11.4. The van der Waals surface area contributed by atoms with Crippen LogP contribution in [0.5, 0.6) is 0 Å². The van der Waals surface area contributed by atoms with Crippen LogP contribution in [0.4, 0.5) is 0 Å². The second-order valence-corrected chi connectivity index (χ2v) is 2.79. The van der Waals surface area contributed by atoms with Crippen molar-refractivity contribution in [3.63, 3.8) is 0 Å². The van der Waals surface area contributed by atoms with Crippen LogP contribution in [0.2, 0.25) is 0 Å². The minimum Gasteiger partial charge on any atom is -0.313 e. The molecule has 0 aromatic carbocycles. The second-order valence-electron chi connectivity index (χ2n) is 2.79. The van der Waals surface area contributed by atoms with E-state index in [9.17, 15) is 9.59 Å². The fourth-order valence-corrected chi connectivity index (χ4v) is 1.00. The highest BCUT2D eigenvalue weighted by atomic mass is 16.2. The van der Waals surface area contributed by atoms with Crippen molar-refractivity contribution in [1.82, 2.24) is 14.6 Å². The molecule has 0 fully saturated rings. The van der Waals surface area contributed by atoms with Crippen LogP contribution in [0.1, 0.15) is 5.69 Å². The Bertz CT molecular complexity index is 469. The van der Waals surface area contributed by atoms with Crippen LogP contribution in [0.25, 0.3) is 0 Å². The smallest absolute Gasteiger partial charge is 0.313 e. The molecule has 0 aliphatic carbocycles. The Hall–Kier alpha value is -1.85. The van der Waals surface area contributed by atoms with E-state index in [1.165, 1.54) is 23.9 Å². The monoisotopic (exact) mass is 196 g/mol. The van der Waals surface area contributed by atoms with Gasteiger partial charge in [0.2, 0.25) is 0 Å². The molecule has 1 rings (SSSR count). The fraction of sp³-hybridized carbons (Fsp3) is 0.375. The summed E-state index contributed by atoms with van der Waals surface area (Å²) < 4.78 is 2.39. The molecule has 0 aliphatic rings. The highest BCUT2D eigenvalue weighted by Crippen LogP contribution is 1.83. The maximum atomic E-state index is 11.4. The lowest BCUT2D eigenvalue weighted by Gasteiger charge is -2.04. The molecule has 0 bridgehead atoms. The predicted octanol–water partition coefficient (Wildman–Crippen LogP) is -1.36. The molecule has 1 aromatic heterocycles. The van der Waals surface area contributed by atoms with Crippen LogP contribution >= 0.6 is 0 Å². The normalized spacial score (nSPS) is 10.8. The van der Waals surface area contributed by atoms with Crippen LogP contribution < -0.4 is 16.7 Å². The Kier molecular flexibility index (Phi) is 2.85. The van der Waals surface area contributed by atoms with E-state index >= 15 is 0 Å². The first kappa shape index (κ1) is 10.2. The quantitative estimate of drug-likeness (QED) is 0.469. The van der Waals surface area contributed by atoms with Crippen molar-refractivity contribution in [3.05, 3.63) is 32.6 Å². The van der Waals surface area contributed by atoms with E-state index in [4.69, 9.17) is 0 Å². The van der Waals surface area contributed by atoms with E-state index < -0.39 is 0 Å². The Morgan fingerprint density at radius 2 is 2.00 bits per heavy atom. The van der Waals surface area contributed by atoms with Gasteiger partial charge in [-0.25, -0.2) is 4.79 Å². The summed E-state index contributed by atoms with van der Waals surface area (Å²) in [4.78, 5) is 22.7. The van der Waals surface area contributed by atoms with Gasteiger partial charge in [-0.1, -0.05) is 0 Å². The van der Waals surface area contributed by atoms with Gasteiger partial charge in [0.05, 0.1) is 11.9 Å². The van der Waals surface area contributed by atoms with Crippen molar-refractivity contribution in [2.75, 3.05) is 7.05 Å². The highest BCUT2D eigenvalue weighted by Gasteiger charge is 2.02. The molecule has 0 atom stereocenters. The molecule has 1 heterocycles. The molecule has 0 saturated carbocycles. The molecule has 0 unspecified atom stereocenters. The number of rotatable bonds is 2. The van der Waals surface area contributed by atoms with Gasteiger partial charge in [-0.3, -0.25) is 13.9 Å². The van der Waals surface area contributed by atoms with Gasteiger partial charge in [0, 0.05) is 27.2 Å². The Balaban J connectivity index is 3.41. The molecule has 1 N–H and O–H groups in total. The predicted molar refractivity (Wildman–Crippen MR) is 53.6 cm³/mol. The van der Waals surface area contributed by atoms with Gasteiger partial charge < -0.3 is 5.43 Å². The van der Waals surface area contributed by atoms with Crippen LogP contribution in [0.15, 0.2) is 20.8 Å². The topological polar surface area (TPSA) is 68.4 Å². The molecule has 1 aromatic rings. The zero-order valence-electron chi connectivity index (χ0n) is 8.31. The van der Waals surface area contributed by atoms with Gasteiger partial charge in [0.1, 0.15) is 0 Å². The highest BCUT2D eigenvalue weighted by molar-refractivity contribution is 5.76. The molecular formula is C8H12N4O2. The number of hydrazone groups is 1. The number of nitrogens with zero attached hydrogens (tertiary/aromatic N) is 3. The molecule has 6 heteroatoms. The summed E-state index contributed by atoms with van der Waals surface area (Å²) in [6, 6.07) is 1.35. The Morgan fingerprint density at radius 3 is 2.57 bits per heavy atom. The molecule has 6 nitrogen and oxygen atoms in total. The van der Waals surface area contributed by atoms with Crippen LogP contribution in [0, 0.1) is 0 Å². The van der Waals surface area contributed by atoms with Gasteiger partial charge in [-0.05, 0) is 0 Å². The molecule has 76 valence electrons. The average molecular weight is 196 g/mol. The molecular weight excluding hydrogens is 184 g/mol. The zero-order valence-corrected chi connectivity index (χ0v) is 8.31. The van der Waals surface area contributed by atoms with Crippen molar-refractivity contribution in [1.29, 1.82) is 0 Å². The van der Waals surface area contributed by atoms with E-state index in [1.807, 2.05) is 0 Å². The third kappa shape index (κ3) is 1.73. The lowest BCUT2D eigenvalue weighted by molar-refractivity contribution is 0.681. The van der Waals surface area contributed by atoms with E-state index in [0.717, 1.165) is 4.57 Å². The second kappa shape index (κ2) is 3.91. The summed E-state index contributed by atoms with van der Waals surface area (Å²) in [6.45, 7) is 0. The summed E-state index contributed by atoms with van der Waals surface area (Å²) in [6.07, 6.45) is 1.42. The molecule has 0 radical (unpaired) electrons. The van der Waals surface area contributed by atoms with Crippen LogP contribution in [0.3, 0.4) is 0 Å². The SMILES string of the molecule is CNN=Cc1cc(=O)n(C)c(=O)n1C. The van der Waals surface area contributed by atoms with Gasteiger partial charge in [-0.2, -0.15) is 5.10 Å². The summed E-state index contributed by atoms with van der Waals surface area (Å²) in [5, 5.41) is 3.73. The first-order chi connectivity index (χ1) is 6.57. The number of nitrogens with one attached hydrogen (secondary N) is 1. The van der Waals surface area contributed by atoms with E-state index in [0.29, 0.717) is 5.69 Å². The van der Waals surface area contributed by atoms with Crippen LogP contribution in [-0.2, 0) is 14.1 Å². The van der Waals surface area contributed by atoms with Gasteiger partial charge in [-0.15, -0.1) is 0 Å². The lowest BCUT2D eigenvalue weighted by atomic mass is 10.4. The average Bonchev–Trinajstić information content (AvgIpc) is 2.18. The number of hydrogen-bond acceptors (Lipinski definition) is 4. The summed E-state index contributed by atoms with van der Waals surface area (Å²) >= 11 is 0. The van der Waals surface area contributed by atoms with Crippen molar-refractivity contribution in [2.24, 2.45) is 19.2 Å². The van der Waals surface area contributed by atoms with Crippen molar-refractivity contribution >= 4 is 6.21 Å². The summed E-state index contributed by atoms with van der Waals surface area (Å²) in [7, 11) is 4.65. The number of aromatic nitrogens is 2. The third-order valence-corrected chi connectivity index (χ3v) is 1.89. The van der Waals surface area contributed by atoms with Crippen molar-refractivity contribution in [3.8, 4) is 0 Å². The van der Waals surface area contributed by atoms with E-state index in [2.05, 4.69) is 10.5 Å². The van der Waals surface area contributed by atoms with Crippen LogP contribution in [-0.4, -0.2) is 22.4 Å². The van der Waals surface area contributed by atoms with Gasteiger partial charge in [0.15, 0.2) is 0 Å². The largest absolute Gasteiger partial charge is 0.330 e. The lowest BCUT2D eigenvalue weighted by Crippen LogP contribution is -2.38. The molecule has 0 saturated heterocycles. The molecule has 0 spiro atoms. The standard InChI is InChI=1S/C8H12N4O2/c1-9-10-5-6-4-7(13)12(3)8(14)11(6)2/h4-5,9H,1-3H3. The van der Waals surface area contributed by atoms with Gasteiger partial charge in [0.25, 0.3) is 5.56 Å². The third-order valence-electron chi connectivity index (χ3n) is 1.89. The molecule has 0 aliphatic heterocycles. The summed E-state index contributed by atoms with van der Waals surface area (Å²) in [5.74, 6) is 0. The Morgan fingerprint density at radius 1 is 1.36 bits per heavy atom.